The number of ether oxygens (including phenoxy) is 2. The van der Waals surface area contributed by atoms with E-state index in [0.717, 1.165) is 0 Å². The van der Waals surface area contributed by atoms with Crippen LogP contribution >= 0.6 is 0 Å². The number of phenols is 1. The number of benzene rings is 2. The number of hydrazone groups is 1. The van der Waals surface area contributed by atoms with Gasteiger partial charge in [-0.15, -0.1) is 0 Å². The molecule has 0 atom stereocenters. The first-order valence-electron chi connectivity index (χ1n) is 7.19. The second kappa shape index (κ2) is 8.38. The van der Waals surface area contributed by atoms with Gasteiger partial charge in [-0.05, 0) is 35.9 Å². The van der Waals surface area contributed by atoms with Crippen LogP contribution in [0.5, 0.6) is 17.2 Å². The molecule has 0 aliphatic heterocycles. The van der Waals surface area contributed by atoms with Gasteiger partial charge in [0.25, 0.3) is 5.91 Å². The summed E-state index contributed by atoms with van der Waals surface area (Å²) in [6.07, 6.45) is 3.02. The number of methoxy groups -OCH3 is 1. The molecule has 0 bridgehead atoms. The lowest BCUT2D eigenvalue weighted by Gasteiger charge is -2.08. The molecule has 0 aromatic heterocycles. The Bertz CT molecular complexity index is 756. The number of nitrogens with one attached hydrogen (secondary N) is 1. The second-order valence-corrected chi connectivity index (χ2v) is 4.73. The Morgan fingerprint density at radius 3 is 2.79 bits per heavy atom. The van der Waals surface area contributed by atoms with Crippen molar-refractivity contribution in [3.63, 3.8) is 0 Å². The molecule has 2 N–H and O–H groups in total. The lowest BCUT2D eigenvalue weighted by atomic mass is 10.2. The fraction of sp³-hybridized carbons (Fsp3) is 0.111. The average molecular weight is 326 g/mol. The maximum atomic E-state index is 12.2. The number of hydrogen-bond acceptors (Lipinski definition) is 5. The van der Waals surface area contributed by atoms with Crippen molar-refractivity contribution in [3.8, 4) is 17.2 Å². The minimum Gasteiger partial charge on any atom is -0.504 e. The smallest absolute Gasteiger partial charge is 0.275 e. The van der Waals surface area contributed by atoms with Gasteiger partial charge in [-0.2, -0.15) is 5.10 Å². The van der Waals surface area contributed by atoms with Crippen LogP contribution in [-0.2, 0) is 0 Å². The predicted molar refractivity (Wildman–Crippen MR) is 91.9 cm³/mol. The van der Waals surface area contributed by atoms with E-state index in [2.05, 4.69) is 17.1 Å². The third kappa shape index (κ3) is 4.36. The summed E-state index contributed by atoms with van der Waals surface area (Å²) in [7, 11) is 1.47. The highest BCUT2D eigenvalue weighted by Gasteiger charge is 2.10. The highest BCUT2D eigenvalue weighted by molar-refractivity contribution is 5.97. The Kier molecular flexibility index (Phi) is 5.96. The quantitative estimate of drug-likeness (QED) is 0.466. The van der Waals surface area contributed by atoms with Crippen molar-refractivity contribution >= 4 is 12.1 Å². The average Bonchev–Trinajstić information content (AvgIpc) is 2.60. The van der Waals surface area contributed by atoms with Gasteiger partial charge >= 0.3 is 0 Å². The van der Waals surface area contributed by atoms with Crippen molar-refractivity contribution in [1.82, 2.24) is 5.43 Å². The number of aromatic hydroxyl groups is 1. The van der Waals surface area contributed by atoms with E-state index in [1.54, 1.807) is 42.5 Å². The Morgan fingerprint density at radius 1 is 1.29 bits per heavy atom. The molecule has 124 valence electrons. The summed E-state index contributed by atoms with van der Waals surface area (Å²) >= 11 is 0. The molecule has 0 saturated heterocycles. The molecule has 6 heteroatoms. The zero-order chi connectivity index (χ0) is 17.4. The number of carbonyl (C=O) groups is 1. The fourth-order valence-corrected chi connectivity index (χ4v) is 1.94. The number of para-hydroxylation sites is 1. The van der Waals surface area contributed by atoms with Crippen molar-refractivity contribution in [2.75, 3.05) is 13.7 Å². The first-order chi connectivity index (χ1) is 11.7. The molecule has 2 aromatic carbocycles. The van der Waals surface area contributed by atoms with Gasteiger partial charge in [0, 0.05) is 0 Å². The molecule has 2 rings (SSSR count). The molecule has 2 aromatic rings. The molecule has 0 unspecified atom stereocenters. The molecular weight excluding hydrogens is 308 g/mol. The van der Waals surface area contributed by atoms with E-state index in [4.69, 9.17) is 9.47 Å². The summed E-state index contributed by atoms with van der Waals surface area (Å²) in [4.78, 5) is 12.2. The van der Waals surface area contributed by atoms with E-state index in [1.165, 1.54) is 19.4 Å². The van der Waals surface area contributed by atoms with E-state index in [1.807, 2.05) is 0 Å². The molecule has 0 aliphatic rings. The molecule has 0 fully saturated rings. The molecular formula is C18H18N2O4. The maximum absolute atomic E-state index is 12.2. The monoisotopic (exact) mass is 326 g/mol. The molecule has 0 saturated carbocycles. The highest BCUT2D eigenvalue weighted by atomic mass is 16.5. The van der Waals surface area contributed by atoms with Crippen LogP contribution in [0.4, 0.5) is 0 Å². The van der Waals surface area contributed by atoms with Crippen molar-refractivity contribution in [2.24, 2.45) is 5.10 Å². The van der Waals surface area contributed by atoms with Gasteiger partial charge in [0.1, 0.15) is 12.4 Å². The molecule has 6 nitrogen and oxygen atoms in total. The largest absolute Gasteiger partial charge is 0.504 e. The van der Waals surface area contributed by atoms with Gasteiger partial charge < -0.3 is 14.6 Å². The van der Waals surface area contributed by atoms with Gasteiger partial charge in [-0.25, -0.2) is 5.43 Å². The van der Waals surface area contributed by atoms with Crippen molar-refractivity contribution < 1.29 is 19.4 Å². The summed E-state index contributed by atoms with van der Waals surface area (Å²) in [6, 6.07) is 11.6. The zero-order valence-corrected chi connectivity index (χ0v) is 13.2. The van der Waals surface area contributed by atoms with Crippen LogP contribution in [0, 0.1) is 0 Å². The molecule has 0 heterocycles. The Balaban J connectivity index is 2.05. The standard InChI is InChI=1S/C18H18N2O4/c1-3-10-24-16-7-5-4-6-14(16)18(22)20-19-12-13-8-9-17(23-2)15(21)11-13/h3-9,11-12,21H,1,10H2,2H3,(H,20,22). The van der Waals surface area contributed by atoms with Crippen LogP contribution in [0.2, 0.25) is 0 Å². The SMILES string of the molecule is C=CCOc1ccccc1C(=O)NN=Cc1ccc(OC)c(O)c1. The highest BCUT2D eigenvalue weighted by Crippen LogP contribution is 2.25. The van der Waals surface area contributed by atoms with Gasteiger partial charge in [0.15, 0.2) is 11.5 Å². The van der Waals surface area contributed by atoms with Crippen LogP contribution in [0.15, 0.2) is 60.2 Å². The lowest BCUT2D eigenvalue weighted by molar-refractivity contribution is 0.0951. The van der Waals surface area contributed by atoms with Crippen molar-refractivity contribution in [3.05, 3.63) is 66.2 Å². The van der Waals surface area contributed by atoms with Crippen molar-refractivity contribution in [2.45, 2.75) is 0 Å². The number of rotatable bonds is 7. The number of amides is 1. The molecule has 0 radical (unpaired) electrons. The van der Waals surface area contributed by atoms with Gasteiger partial charge in [0.05, 0.1) is 18.9 Å². The van der Waals surface area contributed by atoms with Gasteiger partial charge in [0.2, 0.25) is 0 Å². The van der Waals surface area contributed by atoms with Crippen LogP contribution in [0.25, 0.3) is 0 Å². The molecule has 1 amide bonds. The van der Waals surface area contributed by atoms with Crippen LogP contribution in [-0.4, -0.2) is 30.9 Å². The number of nitrogens with zero attached hydrogens (tertiary/aromatic N) is 1. The topological polar surface area (TPSA) is 80.2 Å². The summed E-state index contributed by atoms with van der Waals surface area (Å²) in [5.41, 5.74) is 3.41. The summed E-state index contributed by atoms with van der Waals surface area (Å²) in [5.74, 6) is 0.413. The minimum atomic E-state index is -0.399. The summed E-state index contributed by atoms with van der Waals surface area (Å²) in [6.45, 7) is 3.88. The number of phenolic OH excluding ortho intramolecular Hbond substituents is 1. The second-order valence-electron chi connectivity index (χ2n) is 4.73. The maximum Gasteiger partial charge on any atom is 0.275 e. The minimum absolute atomic E-state index is 0.00375. The summed E-state index contributed by atoms with van der Waals surface area (Å²) < 4.78 is 10.4. The first kappa shape index (κ1) is 17.1. The van der Waals surface area contributed by atoms with E-state index >= 15 is 0 Å². The Hall–Kier alpha value is -3.28. The van der Waals surface area contributed by atoms with Gasteiger partial charge in [-0.1, -0.05) is 24.8 Å². The van der Waals surface area contributed by atoms with Crippen LogP contribution < -0.4 is 14.9 Å². The van der Waals surface area contributed by atoms with Crippen LogP contribution in [0.1, 0.15) is 15.9 Å². The third-order valence-corrected chi connectivity index (χ3v) is 3.07. The van der Waals surface area contributed by atoms with Gasteiger partial charge in [-0.3, -0.25) is 4.79 Å². The number of carbonyl (C=O) groups excluding carboxylic acids is 1. The van der Waals surface area contributed by atoms with E-state index < -0.39 is 5.91 Å². The van der Waals surface area contributed by atoms with E-state index in [9.17, 15) is 9.90 Å². The fourth-order valence-electron chi connectivity index (χ4n) is 1.94. The Morgan fingerprint density at radius 2 is 2.08 bits per heavy atom. The van der Waals surface area contributed by atoms with E-state index in [-0.39, 0.29) is 5.75 Å². The Labute approximate surface area is 140 Å². The van der Waals surface area contributed by atoms with Crippen molar-refractivity contribution in [1.29, 1.82) is 0 Å². The molecule has 24 heavy (non-hydrogen) atoms. The lowest BCUT2D eigenvalue weighted by Crippen LogP contribution is -2.18. The van der Waals surface area contributed by atoms with Crippen LogP contribution in [0.3, 0.4) is 0 Å². The molecule has 0 spiro atoms. The predicted octanol–water partition coefficient (Wildman–Crippen LogP) is 2.73. The molecule has 0 aliphatic carbocycles. The number of hydrogen-bond donors (Lipinski definition) is 2. The normalized spacial score (nSPS) is 10.4. The first-order valence-corrected chi connectivity index (χ1v) is 7.19. The zero-order valence-electron chi connectivity index (χ0n) is 13.2. The summed E-state index contributed by atoms with van der Waals surface area (Å²) in [5, 5.41) is 13.6. The third-order valence-electron chi connectivity index (χ3n) is 3.07. The van der Waals surface area contributed by atoms with E-state index in [0.29, 0.717) is 29.2 Å².